The Morgan fingerprint density at radius 1 is 1.19 bits per heavy atom. The Kier molecular flexibility index (Phi) is 5.86. The van der Waals surface area contributed by atoms with E-state index in [1.807, 2.05) is 26.0 Å². The zero-order chi connectivity index (χ0) is 22.0. The highest BCUT2D eigenvalue weighted by Crippen LogP contribution is 2.34. The van der Waals surface area contributed by atoms with Crippen LogP contribution < -0.4 is 25.8 Å². The number of amides is 1. The normalized spacial score (nSPS) is 22.6. The van der Waals surface area contributed by atoms with Crippen molar-refractivity contribution in [1.82, 2.24) is 9.97 Å². The smallest absolute Gasteiger partial charge is 0.271 e. The van der Waals surface area contributed by atoms with Crippen molar-refractivity contribution in [2.45, 2.75) is 57.6 Å². The molecule has 1 fully saturated rings. The van der Waals surface area contributed by atoms with Gasteiger partial charge in [0.15, 0.2) is 23.0 Å². The van der Waals surface area contributed by atoms with Crippen LogP contribution in [0.4, 0.5) is 17.3 Å². The number of rotatable bonds is 6. The number of ether oxygens (including phenoxy) is 2. The number of aliphatic hydroxyl groups is 1. The summed E-state index contributed by atoms with van der Waals surface area (Å²) >= 11 is 0. The van der Waals surface area contributed by atoms with E-state index in [4.69, 9.17) is 15.2 Å². The molecular weight excluding hydrogens is 398 g/mol. The molecule has 4 rings (SSSR count). The van der Waals surface area contributed by atoms with Gasteiger partial charge in [0.25, 0.3) is 5.91 Å². The van der Waals surface area contributed by atoms with Crippen molar-refractivity contribution >= 4 is 23.2 Å². The predicted molar refractivity (Wildman–Crippen MR) is 117 cm³/mol. The van der Waals surface area contributed by atoms with Crippen molar-refractivity contribution in [3.8, 4) is 11.5 Å². The summed E-state index contributed by atoms with van der Waals surface area (Å²) in [7, 11) is 0. The second-order valence-electron chi connectivity index (χ2n) is 8.33. The SMILES string of the molecule is CCc1nc(C(N)=O)c(Nc2ccc3c(c2)OCCO3)nc1N[C@H]1CC[C@@](C)(O)CC1. The molecule has 2 aromatic rings. The minimum Gasteiger partial charge on any atom is -0.486 e. The molecule has 1 amide bonds. The molecule has 166 valence electrons. The number of nitrogens with zero attached hydrogens (tertiary/aromatic N) is 2. The Morgan fingerprint density at radius 2 is 1.90 bits per heavy atom. The lowest BCUT2D eigenvalue weighted by molar-refractivity contribution is 0.0196. The van der Waals surface area contributed by atoms with E-state index in [1.165, 1.54) is 0 Å². The van der Waals surface area contributed by atoms with E-state index < -0.39 is 11.5 Å². The number of primary amides is 1. The van der Waals surface area contributed by atoms with Gasteiger partial charge in [-0.2, -0.15) is 0 Å². The Morgan fingerprint density at radius 3 is 2.58 bits per heavy atom. The van der Waals surface area contributed by atoms with Gasteiger partial charge in [0.1, 0.15) is 19.0 Å². The monoisotopic (exact) mass is 427 g/mol. The Hall–Kier alpha value is -3.07. The molecule has 0 atom stereocenters. The summed E-state index contributed by atoms with van der Waals surface area (Å²) in [6.45, 7) is 4.83. The molecule has 1 aliphatic carbocycles. The van der Waals surface area contributed by atoms with Gasteiger partial charge < -0.3 is 30.9 Å². The van der Waals surface area contributed by atoms with Gasteiger partial charge in [-0.15, -0.1) is 0 Å². The van der Waals surface area contributed by atoms with Gasteiger partial charge in [-0.25, -0.2) is 9.97 Å². The minimum atomic E-state index is -0.650. The standard InChI is InChI=1S/C22H29N5O4/c1-3-15-20(24-13-6-8-22(2,29)9-7-13)27-21(18(26-15)19(23)28)25-14-4-5-16-17(12-14)31-11-10-30-16/h4-5,12-13,29H,3,6-11H2,1-2H3,(H2,23,28)(H2,24,25,27)/t13-,22+. The number of aryl methyl sites for hydroxylation is 1. The highest BCUT2D eigenvalue weighted by Gasteiger charge is 2.29. The molecule has 2 aliphatic rings. The zero-order valence-corrected chi connectivity index (χ0v) is 17.9. The van der Waals surface area contributed by atoms with Gasteiger partial charge in [-0.3, -0.25) is 4.79 Å². The molecule has 0 bridgehead atoms. The third-order valence-corrected chi connectivity index (χ3v) is 5.74. The molecule has 0 radical (unpaired) electrons. The number of carbonyl (C=O) groups is 1. The third kappa shape index (κ3) is 4.82. The summed E-state index contributed by atoms with van der Waals surface area (Å²) in [6.07, 6.45) is 3.72. The van der Waals surface area contributed by atoms with E-state index in [0.29, 0.717) is 48.3 Å². The quantitative estimate of drug-likeness (QED) is 0.553. The number of hydrogen-bond acceptors (Lipinski definition) is 8. The molecule has 1 aliphatic heterocycles. The van der Waals surface area contributed by atoms with Crippen molar-refractivity contribution in [3.05, 3.63) is 29.6 Å². The highest BCUT2D eigenvalue weighted by molar-refractivity contribution is 5.96. The largest absolute Gasteiger partial charge is 0.486 e. The zero-order valence-electron chi connectivity index (χ0n) is 17.9. The second kappa shape index (κ2) is 8.58. The molecule has 1 saturated carbocycles. The first-order valence-electron chi connectivity index (χ1n) is 10.7. The van der Waals surface area contributed by atoms with E-state index in [1.54, 1.807) is 6.07 Å². The van der Waals surface area contributed by atoms with Crippen molar-refractivity contribution < 1.29 is 19.4 Å². The van der Waals surface area contributed by atoms with Crippen LogP contribution in [0.3, 0.4) is 0 Å². The van der Waals surface area contributed by atoms with Gasteiger partial charge in [0.05, 0.1) is 11.3 Å². The van der Waals surface area contributed by atoms with Crippen LogP contribution in [-0.4, -0.2) is 45.8 Å². The van der Waals surface area contributed by atoms with Crippen LogP contribution in [0.5, 0.6) is 11.5 Å². The molecule has 1 aromatic heterocycles. The van der Waals surface area contributed by atoms with Crippen molar-refractivity contribution in [3.63, 3.8) is 0 Å². The van der Waals surface area contributed by atoms with Gasteiger partial charge in [0.2, 0.25) is 0 Å². The molecule has 0 unspecified atom stereocenters. The number of benzene rings is 1. The van der Waals surface area contributed by atoms with Crippen LogP contribution in [0.1, 0.15) is 55.7 Å². The first kappa shape index (κ1) is 21.2. The first-order valence-corrected chi connectivity index (χ1v) is 10.7. The fourth-order valence-corrected chi connectivity index (χ4v) is 3.93. The fourth-order valence-electron chi connectivity index (χ4n) is 3.93. The van der Waals surface area contributed by atoms with E-state index in [0.717, 1.165) is 25.7 Å². The van der Waals surface area contributed by atoms with Gasteiger partial charge in [-0.1, -0.05) is 6.92 Å². The Labute approximate surface area is 181 Å². The first-order chi connectivity index (χ1) is 14.8. The van der Waals surface area contributed by atoms with Gasteiger partial charge in [0, 0.05) is 17.8 Å². The van der Waals surface area contributed by atoms with E-state index in [-0.39, 0.29) is 17.6 Å². The lowest BCUT2D eigenvalue weighted by atomic mass is 9.83. The van der Waals surface area contributed by atoms with Crippen LogP contribution >= 0.6 is 0 Å². The van der Waals surface area contributed by atoms with Crippen LogP contribution in [-0.2, 0) is 6.42 Å². The Bertz CT molecular complexity index is 969. The fraction of sp³-hybridized carbons (Fsp3) is 0.500. The third-order valence-electron chi connectivity index (χ3n) is 5.74. The number of anilines is 3. The predicted octanol–water partition coefficient (Wildman–Crippen LogP) is 2.76. The number of fused-ring (bicyclic) bond motifs is 1. The lowest BCUT2D eigenvalue weighted by Crippen LogP contribution is -2.36. The van der Waals surface area contributed by atoms with E-state index in [2.05, 4.69) is 20.6 Å². The van der Waals surface area contributed by atoms with Crippen LogP contribution in [0, 0.1) is 0 Å². The summed E-state index contributed by atoms with van der Waals surface area (Å²) < 4.78 is 11.2. The number of nitrogens with one attached hydrogen (secondary N) is 2. The summed E-state index contributed by atoms with van der Waals surface area (Å²) in [6, 6.07) is 5.61. The molecule has 2 heterocycles. The summed E-state index contributed by atoms with van der Waals surface area (Å²) in [4.78, 5) is 21.3. The van der Waals surface area contributed by atoms with Gasteiger partial charge in [-0.05, 0) is 51.2 Å². The van der Waals surface area contributed by atoms with Crippen molar-refractivity contribution in [1.29, 1.82) is 0 Å². The maximum absolute atomic E-state index is 12.1. The lowest BCUT2D eigenvalue weighted by Gasteiger charge is -2.34. The maximum atomic E-state index is 12.1. The molecule has 1 aromatic carbocycles. The van der Waals surface area contributed by atoms with E-state index >= 15 is 0 Å². The molecule has 0 spiro atoms. The molecular formula is C22H29N5O4. The molecule has 9 nitrogen and oxygen atoms in total. The summed E-state index contributed by atoms with van der Waals surface area (Å²) in [5.41, 5.74) is 6.43. The van der Waals surface area contributed by atoms with Crippen molar-refractivity contribution in [2.75, 3.05) is 23.8 Å². The maximum Gasteiger partial charge on any atom is 0.271 e. The van der Waals surface area contributed by atoms with Crippen LogP contribution in [0.25, 0.3) is 0 Å². The number of hydrogen-bond donors (Lipinski definition) is 4. The summed E-state index contributed by atoms with van der Waals surface area (Å²) in [5.74, 6) is 1.56. The molecule has 0 saturated heterocycles. The van der Waals surface area contributed by atoms with Crippen LogP contribution in [0.15, 0.2) is 18.2 Å². The second-order valence-corrected chi connectivity index (χ2v) is 8.33. The Balaban J connectivity index is 1.61. The van der Waals surface area contributed by atoms with Gasteiger partial charge >= 0.3 is 0 Å². The average Bonchev–Trinajstić information content (AvgIpc) is 2.75. The highest BCUT2D eigenvalue weighted by atomic mass is 16.6. The molecule has 9 heteroatoms. The molecule has 5 N–H and O–H groups in total. The average molecular weight is 428 g/mol. The minimum absolute atomic E-state index is 0.0869. The number of aromatic nitrogens is 2. The van der Waals surface area contributed by atoms with Crippen LogP contribution in [0.2, 0.25) is 0 Å². The number of nitrogens with two attached hydrogens (primary N) is 1. The molecule has 31 heavy (non-hydrogen) atoms. The van der Waals surface area contributed by atoms with Crippen molar-refractivity contribution in [2.24, 2.45) is 5.73 Å². The van der Waals surface area contributed by atoms with E-state index in [9.17, 15) is 9.90 Å². The topological polar surface area (TPSA) is 132 Å². The summed E-state index contributed by atoms with van der Waals surface area (Å²) in [5, 5.41) is 16.8. The number of carbonyl (C=O) groups excluding carboxylic acids is 1.